The number of rotatable bonds is 4. The standard InChI is InChI=1S/C16H26OSi/c1-9-15(10-2)13-18(7,8)17-14(5,6)16(15,11-3)12-4/h9-12H,1-4,13H2,5-8H3. The van der Waals surface area contributed by atoms with Crippen molar-refractivity contribution in [2.75, 3.05) is 0 Å². The second kappa shape index (κ2) is 4.36. The summed E-state index contributed by atoms with van der Waals surface area (Å²) < 4.78 is 6.42. The van der Waals surface area contributed by atoms with E-state index in [1.165, 1.54) is 0 Å². The van der Waals surface area contributed by atoms with Gasteiger partial charge in [0.2, 0.25) is 0 Å². The van der Waals surface area contributed by atoms with Crippen LogP contribution in [0.25, 0.3) is 0 Å². The van der Waals surface area contributed by atoms with E-state index in [9.17, 15) is 0 Å². The van der Waals surface area contributed by atoms with Gasteiger partial charge in [-0.05, 0) is 33.0 Å². The van der Waals surface area contributed by atoms with Gasteiger partial charge in [0.05, 0.1) is 5.60 Å². The second-order valence-electron chi connectivity index (χ2n) is 6.27. The molecule has 0 spiro atoms. The molecule has 0 saturated carbocycles. The van der Waals surface area contributed by atoms with Crippen molar-refractivity contribution < 1.29 is 4.43 Å². The quantitative estimate of drug-likeness (QED) is 0.526. The molecule has 0 N–H and O–H groups in total. The highest BCUT2D eigenvalue weighted by Gasteiger charge is 2.61. The van der Waals surface area contributed by atoms with Gasteiger partial charge in [-0.3, -0.25) is 0 Å². The van der Waals surface area contributed by atoms with Gasteiger partial charge in [-0.15, -0.1) is 26.3 Å². The van der Waals surface area contributed by atoms with Crippen LogP contribution in [0, 0.1) is 10.8 Å². The van der Waals surface area contributed by atoms with Gasteiger partial charge < -0.3 is 4.43 Å². The van der Waals surface area contributed by atoms with Crippen molar-refractivity contribution in [3.05, 3.63) is 50.6 Å². The first-order valence-corrected chi connectivity index (χ1v) is 9.52. The molecule has 2 heteroatoms. The summed E-state index contributed by atoms with van der Waals surface area (Å²) in [4.78, 5) is 0. The summed E-state index contributed by atoms with van der Waals surface area (Å²) in [5, 5.41) is 0. The Hall–Kier alpha value is -0.863. The summed E-state index contributed by atoms with van der Waals surface area (Å²) in [7, 11) is -1.76. The van der Waals surface area contributed by atoms with E-state index in [0.717, 1.165) is 6.04 Å². The van der Waals surface area contributed by atoms with Crippen molar-refractivity contribution in [2.24, 2.45) is 10.8 Å². The Labute approximate surface area is 113 Å². The van der Waals surface area contributed by atoms with Crippen molar-refractivity contribution >= 4 is 8.32 Å². The molecule has 0 unspecified atom stereocenters. The first kappa shape index (κ1) is 15.2. The summed E-state index contributed by atoms with van der Waals surface area (Å²) >= 11 is 0. The topological polar surface area (TPSA) is 9.23 Å². The average Bonchev–Trinajstić information content (AvgIpc) is 2.26. The number of hydrogen-bond acceptors (Lipinski definition) is 1. The first-order chi connectivity index (χ1) is 8.16. The highest BCUT2D eigenvalue weighted by molar-refractivity contribution is 6.71. The van der Waals surface area contributed by atoms with E-state index in [-0.39, 0.29) is 16.4 Å². The normalized spacial score (nSPS) is 26.9. The lowest BCUT2D eigenvalue weighted by molar-refractivity contribution is -0.0474. The zero-order valence-corrected chi connectivity index (χ0v) is 13.3. The predicted octanol–water partition coefficient (Wildman–Crippen LogP) is 4.72. The molecule has 1 heterocycles. The zero-order chi connectivity index (χ0) is 14.2. The maximum Gasteiger partial charge on any atom is 0.188 e. The van der Waals surface area contributed by atoms with Crippen LogP contribution in [0.4, 0.5) is 0 Å². The average molecular weight is 262 g/mol. The first-order valence-electron chi connectivity index (χ1n) is 6.40. The Morgan fingerprint density at radius 2 is 1.39 bits per heavy atom. The van der Waals surface area contributed by atoms with E-state index in [1.807, 2.05) is 24.3 Å². The number of allylic oxidation sites excluding steroid dienone is 2. The highest BCUT2D eigenvalue weighted by Crippen LogP contribution is 2.60. The minimum absolute atomic E-state index is 0.228. The van der Waals surface area contributed by atoms with Crippen LogP contribution < -0.4 is 0 Å². The van der Waals surface area contributed by atoms with E-state index in [0.29, 0.717) is 0 Å². The molecule has 100 valence electrons. The lowest BCUT2D eigenvalue weighted by atomic mass is 9.56. The molecule has 1 rings (SSSR count). The maximum atomic E-state index is 6.42. The van der Waals surface area contributed by atoms with E-state index in [1.54, 1.807) is 0 Å². The molecule has 1 nitrogen and oxygen atoms in total. The highest BCUT2D eigenvalue weighted by atomic mass is 28.4. The van der Waals surface area contributed by atoms with Crippen molar-refractivity contribution in [1.82, 2.24) is 0 Å². The molecule has 0 radical (unpaired) electrons. The van der Waals surface area contributed by atoms with Crippen LogP contribution in [-0.2, 0) is 4.43 Å². The van der Waals surface area contributed by atoms with E-state index >= 15 is 0 Å². The minimum Gasteiger partial charge on any atom is -0.411 e. The molecule has 0 bridgehead atoms. The van der Waals surface area contributed by atoms with Crippen LogP contribution in [0.2, 0.25) is 19.1 Å². The monoisotopic (exact) mass is 262 g/mol. The van der Waals surface area contributed by atoms with Gasteiger partial charge in [-0.1, -0.05) is 24.3 Å². The molecule has 0 aromatic rings. The van der Waals surface area contributed by atoms with E-state index in [4.69, 9.17) is 4.43 Å². The van der Waals surface area contributed by atoms with Gasteiger partial charge >= 0.3 is 0 Å². The van der Waals surface area contributed by atoms with Crippen LogP contribution >= 0.6 is 0 Å². The molecule has 0 amide bonds. The Morgan fingerprint density at radius 3 is 1.72 bits per heavy atom. The summed E-state index contributed by atoms with van der Waals surface area (Å²) in [5.41, 5.74) is -0.952. The molecule has 18 heavy (non-hydrogen) atoms. The lowest BCUT2D eigenvalue weighted by Crippen LogP contribution is -2.63. The van der Waals surface area contributed by atoms with Gasteiger partial charge in [0, 0.05) is 10.8 Å². The predicted molar refractivity (Wildman–Crippen MR) is 83.1 cm³/mol. The molecule has 0 aromatic heterocycles. The fourth-order valence-electron chi connectivity index (χ4n) is 3.74. The van der Waals surface area contributed by atoms with Crippen LogP contribution in [0.5, 0.6) is 0 Å². The second-order valence-corrected chi connectivity index (χ2v) is 10.4. The van der Waals surface area contributed by atoms with Crippen molar-refractivity contribution in [3.63, 3.8) is 0 Å². The van der Waals surface area contributed by atoms with Crippen LogP contribution in [0.1, 0.15) is 13.8 Å². The van der Waals surface area contributed by atoms with E-state index < -0.39 is 8.32 Å². The third-order valence-electron chi connectivity index (χ3n) is 4.39. The Bertz CT molecular complexity index is 374. The SMILES string of the molecule is C=CC1(C=C)C[Si](C)(C)OC(C)(C)C1(C=C)C=C. The zero-order valence-electron chi connectivity index (χ0n) is 12.3. The van der Waals surface area contributed by atoms with E-state index in [2.05, 4.69) is 53.3 Å². The summed E-state index contributed by atoms with van der Waals surface area (Å²) in [6.07, 6.45) is 7.91. The largest absolute Gasteiger partial charge is 0.411 e. The van der Waals surface area contributed by atoms with Crippen LogP contribution in [0.15, 0.2) is 50.6 Å². The smallest absolute Gasteiger partial charge is 0.188 e. The van der Waals surface area contributed by atoms with Crippen molar-refractivity contribution in [1.29, 1.82) is 0 Å². The van der Waals surface area contributed by atoms with Gasteiger partial charge in [-0.2, -0.15) is 0 Å². The molecule has 1 aliphatic rings. The molecular formula is C16H26OSi. The Morgan fingerprint density at radius 1 is 0.944 bits per heavy atom. The van der Waals surface area contributed by atoms with Crippen LogP contribution in [0.3, 0.4) is 0 Å². The molecule has 0 atom stereocenters. The minimum atomic E-state index is -1.76. The van der Waals surface area contributed by atoms with Crippen LogP contribution in [-0.4, -0.2) is 13.9 Å². The summed E-state index contributed by atoms with van der Waals surface area (Å²) in [5.74, 6) is 0. The maximum absolute atomic E-state index is 6.42. The fourth-order valence-corrected chi connectivity index (χ4v) is 7.36. The molecule has 0 aromatic carbocycles. The molecule has 1 aliphatic heterocycles. The van der Waals surface area contributed by atoms with Gasteiger partial charge in [0.25, 0.3) is 0 Å². The number of hydrogen-bond donors (Lipinski definition) is 0. The summed E-state index contributed by atoms with van der Waals surface area (Å²) in [6.45, 7) is 24.9. The molecular weight excluding hydrogens is 236 g/mol. The van der Waals surface area contributed by atoms with Gasteiger partial charge in [-0.25, -0.2) is 0 Å². The Kier molecular flexibility index (Phi) is 3.68. The third kappa shape index (κ3) is 1.79. The third-order valence-corrected chi connectivity index (χ3v) is 6.89. The van der Waals surface area contributed by atoms with Crippen molar-refractivity contribution in [2.45, 2.75) is 38.6 Å². The lowest BCUT2D eigenvalue weighted by Gasteiger charge is -2.61. The van der Waals surface area contributed by atoms with Crippen molar-refractivity contribution in [3.8, 4) is 0 Å². The van der Waals surface area contributed by atoms with Gasteiger partial charge in [0.1, 0.15) is 0 Å². The molecule has 0 aliphatic carbocycles. The summed E-state index contributed by atoms with van der Waals surface area (Å²) in [6, 6.07) is 0.953. The fraction of sp³-hybridized carbons (Fsp3) is 0.500. The molecule has 1 saturated heterocycles. The Balaban J connectivity index is 3.60. The molecule has 1 fully saturated rings. The van der Waals surface area contributed by atoms with Gasteiger partial charge in [0.15, 0.2) is 8.32 Å².